The predicted octanol–water partition coefficient (Wildman–Crippen LogP) is 2.82. The SMILES string of the molecule is ClCC=COc1ccccc1. The van der Waals surface area contributed by atoms with Gasteiger partial charge in [-0.15, -0.1) is 11.6 Å². The average Bonchev–Trinajstić information content (AvgIpc) is 2.07. The Morgan fingerprint density at radius 3 is 2.64 bits per heavy atom. The fraction of sp³-hybridized carbons (Fsp3) is 0.111. The zero-order valence-corrected chi connectivity index (χ0v) is 6.79. The second-order valence-corrected chi connectivity index (χ2v) is 2.27. The molecule has 0 saturated heterocycles. The molecular formula is C9H9ClO. The Bertz CT molecular complexity index is 218. The molecule has 0 heterocycles. The van der Waals surface area contributed by atoms with Crippen LogP contribution in [-0.4, -0.2) is 5.88 Å². The molecule has 1 nitrogen and oxygen atoms in total. The zero-order chi connectivity index (χ0) is 7.94. The van der Waals surface area contributed by atoms with Crippen LogP contribution in [0.15, 0.2) is 42.7 Å². The lowest BCUT2D eigenvalue weighted by Gasteiger charge is -1.96. The number of alkyl halides is 1. The van der Waals surface area contributed by atoms with Crippen molar-refractivity contribution in [2.75, 3.05) is 5.88 Å². The fourth-order valence-electron chi connectivity index (χ4n) is 0.662. The third-order valence-electron chi connectivity index (χ3n) is 1.13. The molecule has 0 fully saturated rings. The first-order valence-electron chi connectivity index (χ1n) is 3.36. The summed E-state index contributed by atoms with van der Waals surface area (Å²) in [6, 6.07) is 9.56. The van der Waals surface area contributed by atoms with Gasteiger partial charge in [-0.1, -0.05) is 18.2 Å². The van der Waals surface area contributed by atoms with Crippen LogP contribution in [0.5, 0.6) is 5.75 Å². The maximum atomic E-state index is 5.40. The lowest BCUT2D eigenvalue weighted by Crippen LogP contribution is -1.80. The topological polar surface area (TPSA) is 9.23 Å². The van der Waals surface area contributed by atoms with Crippen molar-refractivity contribution in [3.8, 4) is 5.75 Å². The Morgan fingerprint density at radius 2 is 2.00 bits per heavy atom. The standard InChI is InChI=1S/C9H9ClO/c10-7-4-8-11-9-5-2-1-3-6-9/h1-6,8H,7H2. The number of para-hydroxylation sites is 1. The summed E-state index contributed by atoms with van der Waals surface area (Å²) in [4.78, 5) is 0. The average molecular weight is 169 g/mol. The van der Waals surface area contributed by atoms with Crippen molar-refractivity contribution >= 4 is 11.6 Å². The van der Waals surface area contributed by atoms with Gasteiger partial charge in [-0.25, -0.2) is 0 Å². The van der Waals surface area contributed by atoms with Crippen molar-refractivity contribution in [1.29, 1.82) is 0 Å². The molecule has 58 valence electrons. The van der Waals surface area contributed by atoms with Crippen molar-refractivity contribution in [3.63, 3.8) is 0 Å². The van der Waals surface area contributed by atoms with Crippen LogP contribution in [0.25, 0.3) is 0 Å². The molecule has 0 amide bonds. The van der Waals surface area contributed by atoms with Gasteiger partial charge >= 0.3 is 0 Å². The van der Waals surface area contributed by atoms with Crippen LogP contribution >= 0.6 is 11.6 Å². The molecule has 0 bridgehead atoms. The van der Waals surface area contributed by atoms with E-state index < -0.39 is 0 Å². The van der Waals surface area contributed by atoms with E-state index in [9.17, 15) is 0 Å². The van der Waals surface area contributed by atoms with E-state index in [4.69, 9.17) is 16.3 Å². The van der Waals surface area contributed by atoms with Gasteiger partial charge in [0.15, 0.2) is 0 Å². The van der Waals surface area contributed by atoms with Crippen LogP contribution < -0.4 is 4.74 Å². The van der Waals surface area contributed by atoms with E-state index in [2.05, 4.69) is 0 Å². The smallest absolute Gasteiger partial charge is 0.126 e. The molecule has 0 saturated carbocycles. The Morgan fingerprint density at radius 1 is 1.27 bits per heavy atom. The molecule has 0 aliphatic carbocycles. The van der Waals surface area contributed by atoms with Crippen LogP contribution in [0.3, 0.4) is 0 Å². The molecule has 1 aromatic carbocycles. The lowest BCUT2D eigenvalue weighted by atomic mass is 10.3. The quantitative estimate of drug-likeness (QED) is 0.498. The number of hydrogen-bond acceptors (Lipinski definition) is 1. The van der Waals surface area contributed by atoms with Gasteiger partial charge < -0.3 is 4.74 Å². The van der Waals surface area contributed by atoms with Gasteiger partial charge in [-0.05, 0) is 18.2 Å². The molecule has 0 radical (unpaired) electrons. The molecule has 1 aromatic rings. The molecule has 11 heavy (non-hydrogen) atoms. The minimum Gasteiger partial charge on any atom is -0.465 e. The van der Waals surface area contributed by atoms with E-state index in [1.54, 1.807) is 12.3 Å². The second kappa shape index (κ2) is 4.80. The predicted molar refractivity (Wildman–Crippen MR) is 46.9 cm³/mol. The van der Waals surface area contributed by atoms with Crippen LogP contribution in [0.2, 0.25) is 0 Å². The molecule has 0 aliphatic heterocycles. The maximum absolute atomic E-state index is 5.40. The van der Waals surface area contributed by atoms with E-state index in [0.717, 1.165) is 5.75 Å². The second-order valence-electron chi connectivity index (χ2n) is 1.96. The van der Waals surface area contributed by atoms with Gasteiger partial charge in [0, 0.05) is 5.88 Å². The summed E-state index contributed by atoms with van der Waals surface area (Å²) in [6.07, 6.45) is 3.33. The number of hydrogen-bond donors (Lipinski definition) is 0. The van der Waals surface area contributed by atoms with Gasteiger partial charge in [0.25, 0.3) is 0 Å². The van der Waals surface area contributed by atoms with Crippen LogP contribution in [0.1, 0.15) is 0 Å². The summed E-state index contributed by atoms with van der Waals surface area (Å²) in [6.45, 7) is 0. The van der Waals surface area contributed by atoms with Crippen LogP contribution in [0, 0.1) is 0 Å². The minimum absolute atomic E-state index is 0.479. The molecule has 0 unspecified atom stereocenters. The fourth-order valence-corrected chi connectivity index (χ4v) is 0.735. The van der Waals surface area contributed by atoms with E-state index >= 15 is 0 Å². The van der Waals surface area contributed by atoms with E-state index in [-0.39, 0.29) is 0 Å². The Hall–Kier alpha value is -0.950. The monoisotopic (exact) mass is 168 g/mol. The Kier molecular flexibility index (Phi) is 3.56. The number of ether oxygens (including phenoxy) is 1. The van der Waals surface area contributed by atoms with Gasteiger partial charge in [0.05, 0.1) is 6.26 Å². The number of benzene rings is 1. The highest BCUT2D eigenvalue weighted by Gasteiger charge is 1.83. The molecule has 2 heteroatoms. The van der Waals surface area contributed by atoms with Gasteiger partial charge in [-0.3, -0.25) is 0 Å². The van der Waals surface area contributed by atoms with E-state index in [0.29, 0.717) is 5.88 Å². The highest BCUT2D eigenvalue weighted by molar-refractivity contribution is 6.18. The summed E-state index contributed by atoms with van der Waals surface area (Å²) in [5, 5.41) is 0. The summed E-state index contributed by atoms with van der Waals surface area (Å²) in [7, 11) is 0. The highest BCUT2D eigenvalue weighted by atomic mass is 35.5. The van der Waals surface area contributed by atoms with Crippen molar-refractivity contribution < 1.29 is 4.74 Å². The van der Waals surface area contributed by atoms with E-state index in [1.807, 2.05) is 30.3 Å². The summed E-state index contributed by atoms with van der Waals surface area (Å²) in [5.41, 5.74) is 0. The van der Waals surface area contributed by atoms with Crippen LogP contribution in [-0.2, 0) is 0 Å². The summed E-state index contributed by atoms with van der Waals surface area (Å²) < 4.78 is 5.18. The minimum atomic E-state index is 0.479. The third-order valence-corrected chi connectivity index (χ3v) is 1.31. The Balaban J connectivity index is 2.45. The normalized spacial score (nSPS) is 10.3. The largest absolute Gasteiger partial charge is 0.465 e. The maximum Gasteiger partial charge on any atom is 0.126 e. The van der Waals surface area contributed by atoms with E-state index in [1.165, 1.54) is 0 Å². The van der Waals surface area contributed by atoms with Gasteiger partial charge in [-0.2, -0.15) is 0 Å². The first-order chi connectivity index (χ1) is 5.43. The van der Waals surface area contributed by atoms with Crippen LogP contribution in [0.4, 0.5) is 0 Å². The van der Waals surface area contributed by atoms with Gasteiger partial charge in [0.1, 0.15) is 5.75 Å². The molecular weight excluding hydrogens is 160 g/mol. The highest BCUT2D eigenvalue weighted by Crippen LogP contribution is 2.07. The number of allylic oxidation sites excluding steroid dienone is 1. The first kappa shape index (κ1) is 8.15. The first-order valence-corrected chi connectivity index (χ1v) is 3.89. The molecule has 0 atom stereocenters. The Labute approximate surface area is 71.3 Å². The van der Waals surface area contributed by atoms with Crippen molar-refractivity contribution in [2.45, 2.75) is 0 Å². The molecule has 0 spiro atoms. The third kappa shape index (κ3) is 3.10. The number of halogens is 1. The van der Waals surface area contributed by atoms with Crippen molar-refractivity contribution in [2.24, 2.45) is 0 Å². The molecule has 0 aromatic heterocycles. The van der Waals surface area contributed by atoms with Gasteiger partial charge in [0.2, 0.25) is 0 Å². The van der Waals surface area contributed by atoms with Crippen molar-refractivity contribution in [1.82, 2.24) is 0 Å². The lowest BCUT2D eigenvalue weighted by molar-refractivity contribution is 0.480. The number of rotatable bonds is 3. The summed E-state index contributed by atoms with van der Waals surface area (Å²) >= 11 is 5.40. The summed E-state index contributed by atoms with van der Waals surface area (Å²) in [5.74, 6) is 1.31. The zero-order valence-electron chi connectivity index (χ0n) is 6.03. The molecule has 1 rings (SSSR count). The molecule has 0 aliphatic rings. The molecule has 0 N–H and O–H groups in total. The van der Waals surface area contributed by atoms with Crippen molar-refractivity contribution in [3.05, 3.63) is 42.7 Å².